The van der Waals surface area contributed by atoms with Crippen LogP contribution in [-0.2, 0) is 6.54 Å². The third kappa shape index (κ3) is 1.87. The predicted molar refractivity (Wildman–Crippen MR) is 94.6 cm³/mol. The van der Waals surface area contributed by atoms with Gasteiger partial charge >= 0.3 is 0 Å². The summed E-state index contributed by atoms with van der Waals surface area (Å²) in [7, 11) is 0. The molecule has 0 aliphatic carbocycles. The van der Waals surface area contributed by atoms with Crippen LogP contribution in [0.1, 0.15) is 5.82 Å². The van der Waals surface area contributed by atoms with Gasteiger partial charge in [-0.05, 0) is 24.3 Å². The van der Waals surface area contributed by atoms with Crippen molar-refractivity contribution in [2.75, 3.05) is 0 Å². The Labute approximate surface area is 133 Å². The van der Waals surface area contributed by atoms with E-state index in [1.165, 1.54) is 21.8 Å². The monoisotopic (exact) mass is 297 g/mol. The van der Waals surface area contributed by atoms with Crippen molar-refractivity contribution in [2.45, 2.75) is 6.54 Å². The molecule has 110 valence electrons. The van der Waals surface area contributed by atoms with Crippen molar-refractivity contribution in [3.63, 3.8) is 0 Å². The Morgan fingerprint density at radius 3 is 2.04 bits per heavy atom. The highest BCUT2D eigenvalue weighted by molar-refractivity contribution is 6.08. The first-order chi connectivity index (χ1) is 11.4. The lowest BCUT2D eigenvalue weighted by atomic mass is 10.2. The Morgan fingerprint density at radius 2 is 1.35 bits per heavy atom. The second-order valence-corrected chi connectivity index (χ2v) is 5.82. The predicted octanol–water partition coefficient (Wildman–Crippen LogP) is 4.72. The van der Waals surface area contributed by atoms with E-state index in [4.69, 9.17) is 4.98 Å². The molecule has 0 unspecified atom stereocenters. The van der Waals surface area contributed by atoms with Crippen LogP contribution in [0.15, 0.2) is 72.8 Å². The number of para-hydroxylation sites is 4. The lowest BCUT2D eigenvalue weighted by Crippen LogP contribution is -2.00. The number of benzene rings is 3. The zero-order valence-corrected chi connectivity index (χ0v) is 12.5. The fourth-order valence-corrected chi connectivity index (χ4v) is 3.40. The van der Waals surface area contributed by atoms with Gasteiger partial charge in [-0.3, -0.25) is 0 Å². The van der Waals surface area contributed by atoms with Gasteiger partial charge in [-0.25, -0.2) is 4.98 Å². The van der Waals surface area contributed by atoms with Crippen molar-refractivity contribution in [1.29, 1.82) is 0 Å². The number of fused-ring (bicyclic) bond motifs is 4. The average Bonchev–Trinajstić information content (AvgIpc) is 3.15. The number of imidazole rings is 1. The quantitative estimate of drug-likeness (QED) is 0.502. The molecule has 0 aliphatic heterocycles. The Morgan fingerprint density at radius 1 is 0.739 bits per heavy atom. The normalized spacial score (nSPS) is 11.7. The van der Waals surface area contributed by atoms with Gasteiger partial charge in [0.1, 0.15) is 5.82 Å². The Balaban J connectivity index is 1.74. The molecule has 0 amide bonds. The van der Waals surface area contributed by atoms with Crippen LogP contribution >= 0.6 is 0 Å². The van der Waals surface area contributed by atoms with Crippen LogP contribution in [0.2, 0.25) is 0 Å². The van der Waals surface area contributed by atoms with Gasteiger partial charge in [0.15, 0.2) is 0 Å². The molecular formula is C20H15N3. The van der Waals surface area contributed by atoms with E-state index in [-0.39, 0.29) is 0 Å². The Hall–Kier alpha value is -3.07. The smallest absolute Gasteiger partial charge is 0.127 e. The number of aromatic amines is 1. The third-order valence-corrected chi connectivity index (χ3v) is 4.43. The van der Waals surface area contributed by atoms with E-state index in [2.05, 4.69) is 64.1 Å². The summed E-state index contributed by atoms with van der Waals surface area (Å²) in [5, 5.41) is 2.58. The van der Waals surface area contributed by atoms with Crippen LogP contribution in [-0.4, -0.2) is 14.5 Å². The standard InChI is InChI=1S/C20H15N3/c1-5-11-18-14(7-1)15-8-2-6-12-19(15)23(18)13-20-21-16-9-3-4-10-17(16)22-20/h1-12H,13H2,(H,21,22). The number of nitrogens with zero attached hydrogens (tertiary/aromatic N) is 2. The molecule has 5 rings (SSSR count). The van der Waals surface area contributed by atoms with E-state index in [0.29, 0.717) is 0 Å². The fraction of sp³-hybridized carbons (Fsp3) is 0.0500. The molecule has 0 atom stereocenters. The number of aromatic nitrogens is 3. The van der Waals surface area contributed by atoms with E-state index in [1.54, 1.807) is 0 Å². The largest absolute Gasteiger partial charge is 0.340 e. The number of H-pyrrole nitrogens is 1. The lowest BCUT2D eigenvalue weighted by Gasteiger charge is -2.04. The first-order valence-corrected chi connectivity index (χ1v) is 7.80. The summed E-state index contributed by atoms with van der Waals surface area (Å²) in [6, 6.07) is 25.3. The van der Waals surface area contributed by atoms with Crippen molar-refractivity contribution in [3.8, 4) is 0 Å². The highest BCUT2D eigenvalue weighted by Crippen LogP contribution is 2.29. The van der Waals surface area contributed by atoms with Gasteiger partial charge in [0.2, 0.25) is 0 Å². The minimum Gasteiger partial charge on any atom is -0.340 e. The summed E-state index contributed by atoms with van der Waals surface area (Å²) in [6.07, 6.45) is 0. The van der Waals surface area contributed by atoms with Crippen LogP contribution in [0, 0.1) is 0 Å². The Kier molecular flexibility index (Phi) is 2.56. The first kappa shape index (κ1) is 12.5. The molecule has 5 aromatic rings. The van der Waals surface area contributed by atoms with E-state index < -0.39 is 0 Å². The zero-order valence-electron chi connectivity index (χ0n) is 12.5. The van der Waals surface area contributed by atoms with Crippen LogP contribution in [0.5, 0.6) is 0 Å². The van der Waals surface area contributed by atoms with Crippen molar-refractivity contribution < 1.29 is 0 Å². The first-order valence-electron chi connectivity index (χ1n) is 7.80. The molecule has 23 heavy (non-hydrogen) atoms. The molecule has 2 aromatic heterocycles. The molecule has 1 N–H and O–H groups in total. The maximum Gasteiger partial charge on any atom is 0.127 e. The van der Waals surface area contributed by atoms with E-state index in [0.717, 1.165) is 23.4 Å². The van der Waals surface area contributed by atoms with Crippen LogP contribution in [0.3, 0.4) is 0 Å². The fourth-order valence-electron chi connectivity index (χ4n) is 3.40. The second-order valence-electron chi connectivity index (χ2n) is 5.82. The van der Waals surface area contributed by atoms with Crippen molar-refractivity contribution in [3.05, 3.63) is 78.6 Å². The minimum absolute atomic E-state index is 0.739. The molecule has 0 radical (unpaired) electrons. The highest BCUT2D eigenvalue weighted by Gasteiger charge is 2.11. The molecule has 0 saturated heterocycles. The van der Waals surface area contributed by atoms with Crippen LogP contribution in [0.25, 0.3) is 32.8 Å². The maximum atomic E-state index is 4.72. The van der Waals surface area contributed by atoms with Crippen LogP contribution in [0.4, 0.5) is 0 Å². The number of rotatable bonds is 2. The summed E-state index contributed by atoms with van der Waals surface area (Å²) >= 11 is 0. The van der Waals surface area contributed by atoms with Gasteiger partial charge in [0, 0.05) is 21.8 Å². The number of hydrogen-bond acceptors (Lipinski definition) is 1. The molecule has 0 bridgehead atoms. The molecule has 0 saturated carbocycles. The molecule has 2 heterocycles. The highest BCUT2D eigenvalue weighted by atomic mass is 15.0. The molecule has 0 spiro atoms. The second kappa shape index (κ2) is 4.71. The third-order valence-electron chi connectivity index (χ3n) is 4.43. The number of nitrogens with one attached hydrogen (secondary N) is 1. The van der Waals surface area contributed by atoms with E-state index >= 15 is 0 Å². The van der Waals surface area contributed by atoms with Gasteiger partial charge < -0.3 is 9.55 Å². The summed E-state index contributed by atoms with van der Waals surface area (Å²) in [4.78, 5) is 8.16. The molecule has 3 heteroatoms. The summed E-state index contributed by atoms with van der Waals surface area (Å²) < 4.78 is 2.34. The van der Waals surface area contributed by atoms with Gasteiger partial charge in [-0.1, -0.05) is 48.5 Å². The average molecular weight is 297 g/mol. The number of hydrogen-bond donors (Lipinski definition) is 1. The molecule has 3 nitrogen and oxygen atoms in total. The van der Waals surface area contributed by atoms with Gasteiger partial charge in [-0.15, -0.1) is 0 Å². The SMILES string of the molecule is c1ccc2[nH]c(Cn3c4ccccc4c4ccccc43)nc2c1. The van der Waals surface area contributed by atoms with Crippen LogP contribution < -0.4 is 0 Å². The molecule has 0 fully saturated rings. The topological polar surface area (TPSA) is 33.6 Å². The molecule has 0 aliphatic rings. The Bertz CT molecular complexity index is 1060. The van der Waals surface area contributed by atoms with E-state index in [9.17, 15) is 0 Å². The van der Waals surface area contributed by atoms with Crippen molar-refractivity contribution >= 4 is 32.8 Å². The maximum absolute atomic E-state index is 4.72. The van der Waals surface area contributed by atoms with E-state index in [1.807, 2.05) is 18.2 Å². The zero-order chi connectivity index (χ0) is 15.2. The van der Waals surface area contributed by atoms with Gasteiger partial charge in [0.25, 0.3) is 0 Å². The minimum atomic E-state index is 0.739. The molecular weight excluding hydrogens is 282 g/mol. The van der Waals surface area contributed by atoms with Gasteiger partial charge in [-0.2, -0.15) is 0 Å². The lowest BCUT2D eigenvalue weighted by molar-refractivity contribution is 0.816. The summed E-state index contributed by atoms with van der Waals surface area (Å²) in [5.41, 5.74) is 4.59. The summed E-state index contributed by atoms with van der Waals surface area (Å²) in [5.74, 6) is 0.984. The van der Waals surface area contributed by atoms with Crippen molar-refractivity contribution in [1.82, 2.24) is 14.5 Å². The summed E-state index contributed by atoms with van der Waals surface area (Å²) in [6.45, 7) is 0.739. The molecule has 3 aromatic carbocycles. The van der Waals surface area contributed by atoms with Gasteiger partial charge in [0.05, 0.1) is 17.6 Å². The van der Waals surface area contributed by atoms with Crippen molar-refractivity contribution in [2.24, 2.45) is 0 Å².